The molecular weight excluding hydrogens is 338 g/mol. The molecule has 1 aliphatic rings. The van der Waals surface area contributed by atoms with Crippen LogP contribution in [0.1, 0.15) is 37.0 Å². The van der Waals surface area contributed by atoms with Gasteiger partial charge < -0.3 is 10.6 Å². The molecule has 0 unspecified atom stereocenters. The predicted molar refractivity (Wildman–Crippen MR) is 92.5 cm³/mol. The highest BCUT2D eigenvalue weighted by Crippen LogP contribution is 2.12. The van der Waals surface area contributed by atoms with Gasteiger partial charge in [0.1, 0.15) is 0 Å². The molecule has 0 spiro atoms. The van der Waals surface area contributed by atoms with Gasteiger partial charge in [0, 0.05) is 17.6 Å². The van der Waals surface area contributed by atoms with Crippen molar-refractivity contribution in [1.29, 1.82) is 0 Å². The van der Waals surface area contributed by atoms with Crippen LogP contribution in [0.4, 0.5) is 0 Å². The van der Waals surface area contributed by atoms with Crippen LogP contribution < -0.4 is 15.4 Å². The van der Waals surface area contributed by atoms with Crippen LogP contribution in [0.25, 0.3) is 0 Å². The molecule has 0 aliphatic carbocycles. The highest BCUT2D eigenvalue weighted by molar-refractivity contribution is 7.89. The van der Waals surface area contributed by atoms with Gasteiger partial charge in [0.15, 0.2) is 0 Å². The Morgan fingerprint density at radius 2 is 1.74 bits per heavy atom. The zero-order valence-electron chi connectivity index (χ0n) is 13.3. The number of hydrogen-bond donors (Lipinski definition) is 3. The molecule has 6 nitrogen and oxygen atoms in total. The highest BCUT2D eigenvalue weighted by Gasteiger charge is 2.18. The third kappa shape index (κ3) is 5.76. The molecule has 0 saturated carbocycles. The topological polar surface area (TPSA) is 87.3 Å². The Kier molecular flexibility index (Phi) is 7.47. The SMILES string of the molecule is CC(C)NS(=O)(=O)c1ccc(C(=O)NC2CCNCC2)cc1.Cl. The van der Waals surface area contributed by atoms with Gasteiger partial charge >= 0.3 is 0 Å². The fraction of sp³-hybridized carbons (Fsp3) is 0.533. The molecule has 0 aromatic heterocycles. The summed E-state index contributed by atoms with van der Waals surface area (Å²) >= 11 is 0. The van der Waals surface area contributed by atoms with Crippen molar-refractivity contribution in [2.24, 2.45) is 0 Å². The van der Waals surface area contributed by atoms with Gasteiger partial charge in [-0.15, -0.1) is 12.4 Å². The Balaban J connectivity index is 0.00000264. The van der Waals surface area contributed by atoms with E-state index in [1.807, 2.05) is 0 Å². The fourth-order valence-electron chi connectivity index (χ4n) is 2.40. The summed E-state index contributed by atoms with van der Waals surface area (Å²) in [6.45, 7) is 5.34. The second kappa shape index (κ2) is 8.63. The van der Waals surface area contributed by atoms with Crippen LogP contribution in [0.5, 0.6) is 0 Å². The number of carbonyl (C=O) groups is 1. The summed E-state index contributed by atoms with van der Waals surface area (Å²) < 4.78 is 26.6. The van der Waals surface area contributed by atoms with E-state index in [4.69, 9.17) is 0 Å². The van der Waals surface area contributed by atoms with Crippen molar-refractivity contribution < 1.29 is 13.2 Å². The third-order valence-electron chi connectivity index (χ3n) is 3.49. The number of nitrogens with one attached hydrogen (secondary N) is 3. The van der Waals surface area contributed by atoms with Gasteiger partial charge in [0.25, 0.3) is 5.91 Å². The molecule has 1 aromatic rings. The molecule has 8 heteroatoms. The average molecular weight is 362 g/mol. The Labute approximate surface area is 143 Å². The van der Waals surface area contributed by atoms with E-state index in [2.05, 4.69) is 15.4 Å². The van der Waals surface area contributed by atoms with Crippen molar-refractivity contribution in [3.63, 3.8) is 0 Å². The van der Waals surface area contributed by atoms with Crippen molar-refractivity contribution in [3.8, 4) is 0 Å². The number of carbonyl (C=O) groups excluding carboxylic acids is 1. The lowest BCUT2D eigenvalue weighted by Gasteiger charge is -2.23. The maximum absolute atomic E-state index is 12.2. The lowest BCUT2D eigenvalue weighted by molar-refractivity contribution is 0.0929. The normalized spacial score (nSPS) is 16.0. The minimum Gasteiger partial charge on any atom is -0.349 e. The van der Waals surface area contributed by atoms with Crippen LogP contribution in [0, 0.1) is 0 Å². The van der Waals surface area contributed by atoms with Crippen molar-refractivity contribution in [3.05, 3.63) is 29.8 Å². The van der Waals surface area contributed by atoms with Crippen molar-refractivity contribution in [1.82, 2.24) is 15.4 Å². The van der Waals surface area contributed by atoms with Crippen LogP contribution in [0.15, 0.2) is 29.2 Å². The van der Waals surface area contributed by atoms with Gasteiger partial charge in [-0.2, -0.15) is 0 Å². The van der Waals surface area contributed by atoms with E-state index in [0.29, 0.717) is 5.56 Å². The van der Waals surface area contributed by atoms with E-state index < -0.39 is 10.0 Å². The molecule has 2 rings (SSSR count). The molecule has 1 amide bonds. The third-order valence-corrected chi connectivity index (χ3v) is 5.17. The molecule has 0 bridgehead atoms. The van der Waals surface area contributed by atoms with Gasteiger partial charge in [-0.25, -0.2) is 13.1 Å². The molecule has 0 atom stereocenters. The smallest absolute Gasteiger partial charge is 0.251 e. The number of piperidine rings is 1. The van der Waals surface area contributed by atoms with Crippen LogP contribution in [0.2, 0.25) is 0 Å². The monoisotopic (exact) mass is 361 g/mol. The molecule has 1 aromatic carbocycles. The van der Waals surface area contributed by atoms with Crippen LogP contribution >= 0.6 is 12.4 Å². The number of halogens is 1. The van der Waals surface area contributed by atoms with Gasteiger partial charge in [0.2, 0.25) is 10.0 Å². The number of amides is 1. The summed E-state index contributed by atoms with van der Waals surface area (Å²) in [6.07, 6.45) is 1.83. The molecule has 23 heavy (non-hydrogen) atoms. The average Bonchev–Trinajstić information content (AvgIpc) is 2.47. The van der Waals surface area contributed by atoms with E-state index in [1.54, 1.807) is 26.0 Å². The Hall–Kier alpha value is -1.15. The van der Waals surface area contributed by atoms with Crippen molar-refractivity contribution in [2.75, 3.05) is 13.1 Å². The largest absolute Gasteiger partial charge is 0.349 e. The van der Waals surface area contributed by atoms with Gasteiger partial charge in [-0.3, -0.25) is 4.79 Å². The first-order chi connectivity index (χ1) is 10.4. The van der Waals surface area contributed by atoms with E-state index in [-0.39, 0.29) is 35.3 Å². The van der Waals surface area contributed by atoms with Gasteiger partial charge in [-0.1, -0.05) is 0 Å². The lowest BCUT2D eigenvalue weighted by atomic mass is 10.1. The second-order valence-corrected chi connectivity index (χ2v) is 7.51. The zero-order valence-corrected chi connectivity index (χ0v) is 15.0. The van der Waals surface area contributed by atoms with Crippen molar-refractivity contribution in [2.45, 2.75) is 43.7 Å². The van der Waals surface area contributed by atoms with Crippen LogP contribution in [0.3, 0.4) is 0 Å². The van der Waals surface area contributed by atoms with E-state index >= 15 is 0 Å². The summed E-state index contributed by atoms with van der Waals surface area (Å²) in [5, 5.41) is 6.22. The van der Waals surface area contributed by atoms with Crippen LogP contribution in [-0.2, 0) is 10.0 Å². The lowest BCUT2D eigenvalue weighted by Crippen LogP contribution is -2.42. The van der Waals surface area contributed by atoms with Crippen molar-refractivity contribution >= 4 is 28.3 Å². The zero-order chi connectivity index (χ0) is 16.2. The maximum Gasteiger partial charge on any atom is 0.251 e. The summed E-state index contributed by atoms with van der Waals surface area (Å²) in [5.41, 5.74) is 0.474. The number of benzene rings is 1. The first-order valence-corrected chi connectivity index (χ1v) is 9.01. The first-order valence-electron chi connectivity index (χ1n) is 7.52. The summed E-state index contributed by atoms with van der Waals surface area (Å²) in [5.74, 6) is -0.160. The minimum atomic E-state index is -3.52. The summed E-state index contributed by atoms with van der Waals surface area (Å²) in [6, 6.07) is 6.02. The highest BCUT2D eigenvalue weighted by atomic mass is 35.5. The molecular formula is C15H24ClN3O3S. The standard InChI is InChI=1S/C15H23N3O3S.ClH/c1-11(2)18-22(20,21)14-5-3-12(4-6-14)15(19)17-13-7-9-16-10-8-13;/h3-6,11,13,16,18H,7-10H2,1-2H3,(H,17,19);1H. The summed E-state index contributed by atoms with van der Waals surface area (Å²) in [4.78, 5) is 12.3. The molecule has 0 radical (unpaired) electrons. The Morgan fingerprint density at radius 1 is 1.17 bits per heavy atom. The first kappa shape index (κ1) is 19.9. The maximum atomic E-state index is 12.2. The van der Waals surface area contributed by atoms with Crippen LogP contribution in [-0.4, -0.2) is 39.5 Å². The predicted octanol–water partition coefficient (Wildman–Crippen LogP) is 1.28. The Bertz CT molecular complexity index is 611. The van der Waals surface area contributed by atoms with Gasteiger partial charge in [-0.05, 0) is 64.0 Å². The molecule has 1 saturated heterocycles. The minimum absolute atomic E-state index is 0. The fourth-order valence-corrected chi connectivity index (χ4v) is 3.65. The molecule has 1 heterocycles. The quantitative estimate of drug-likeness (QED) is 0.737. The number of hydrogen-bond acceptors (Lipinski definition) is 4. The molecule has 3 N–H and O–H groups in total. The molecule has 1 aliphatic heterocycles. The van der Waals surface area contributed by atoms with E-state index in [1.165, 1.54) is 12.1 Å². The van der Waals surface area contributed by atoms with E-state index in [0.717, 1.165) is 25.9 Å². The number of sulfonamides is 1. The Morgan fingerprint density at radius 3 is 2.26 bits per heavy atom. The second-order valence-electron chi connectivity index (χ2n) is 5.80. The molecule has 1 fully saturated rings. The van der Waals surface area contributed by atoms with Gasteiger partial charge in [0.05, 0.1) is 4.90 Å². The molecule has 130 valence electrons. The summed E-state index contributed by atoms with van der Waals surface area (Å²) in [7, 11) is -3.52. The van der Waals surface area contributed by atoms with E-state index in [9.17, 15) is 13.2 Å². The number of rotatable bonds is 5.